The van der Waals surface area contributed by atoms with Crippen LogP contribution < -0.4 is 5.32 Å². The van der Waals surface area contributed by atoms with Crippen LogP contribution in [0.3, 0.4) is 0 Å². The molecule has 1 amide bonds. The molecule has 0 radical (unpaired) electrons. The van der Waals surface area contributed by atoms with Gasteiger partial charge in [0.05, 0.1) is 6.54 Å². The molecule has 0 fully saturated rings. The van der Waals surface area contributed by atoms with E-state index in [1.165, 1.54) is 0 Å². The zero-order chi connectivity index (χ0) is 14.3. The summed E-state index contributed by atoms with van der Waals surface area (Å²) < 4.78 is 1.55. The van der Waals surface area contributed by atoms with Gasteiger partial charge in [-0.05, 0) is 37.6 Å². The van der Waals surface area contributed by atoms with Crippen molar-refractivity contribution in [2.24, 2.45) is 0 Å². The van der Waals surface area contributed by atoms with Crippen molar-refractivity contribution >= 4 is 17.7 Å². The maximum absolute atomic E-state index is 11.7. The second-order valence-corrected chi connectivity index (χ2v) is 5.59. The molecule has 1 heterocycles. The molecular formula is C11H22N6OS. The van der Waals surface area contributed by atoms with E-state index in [0.29, 0.717) is 25.0 Å². The summed E-state index contributed by atoms with van der Waals surface area (Å²) in [6.45, 7) is 5.67. The van der Waals surface area contributed by atoms with Crippen molar-refractivity contribution in [3.63, 3.8) is 0 Å². The molecule has 1 N–H and O–H groups in total. The number of aromatic nitrogens is 4. The highest BCUT2D eigenvalue weighted by Crippen LogP contribution is 2.01. The molecule has 0 aromatic carbocycles. The fraction of sp³-hybridized carbons (Fsp3) is 0.818. The molecule has 108 valence electrons. The first kappa shape index (κ1) is 15.9. The maximum Gasteiger partial charge on any atom is 0.241 e. The summed E-state index contributed by atoms with van der Waals surface area (Å²) in [6.07, 6.45) is 2.01. The molecule has 0 bridgehead atoms. The van der Waals surface area contributed by atoms with Crippen molar-refractivity contribution in [3.05, 3.63) is 5.82 Å². The van der Waals surface area contributed by atoms with Crippen molar-refractivity contribution in [1.82, 2.24) is 30.4 Å². The monoisotopic (exact) mass is 286 g/mol. The van der Waals surface area contributed by atoms with Gasteiger partial charge in [0.15, 0.2) is 5.82 Å². The Morgan fingerprint density at radius 3 is 2.89 bits per heavy atom. The lowest BCUT2D eigenvalue weighted by atomic mass is 10.3. The maximum atomic E-state index is 11.7. The first-order valence-corrected chi connectivity index (χ1v) is 7.65. The average Bonchev–Trinajstić information content (AvgIpc) is 2.76. The van der Waals surface area contributed by atoms with Crippen molar-refractivity contribution in [2.75, 3.05) is 25.6 Å². The topological polar surface area (TPSA) is 75.9 Å². The summed E-state index contributed by atoms with van der Waals surface area (Å²) in [5.74, 6) is 1.55. The molecule has 0 aliphatic heterocycles. The van der Waals surface area contributed by atoms with Crippen LogP contribution in [-0.2, 0) is 17.9 Å². The summed E-state index contributed by atoms with van der Waals surface area (Å²) in [4.78, 5) is 13.8. The van der Waals surface area contributed by atoms with E-state index >= 15 is 0 Å². The van der Waals surface area contributed by atoms with Gasteiger partial charge in [-0.1, -0.05) is 0 Å². The van der Waals surface area contributed by atoms with Crippen LogP contribution in [0.2, 0.25) is 0 Å². The van der Waals surface area contributed by atoms with Crippen molar-refractivity contribution in [3.8, 4) is 0 Å². The lowest BCUT2D eigenvalue weighted by Gasteiger charge is -2.19. The second kappa shape index (κ2) is 8.11. The molecule has 0 aliphatic rings. The number of nitrogens with zero attached hydrogens (tertiary/aromatic N) is 5. The predicted octanol–water partition coefficient (Wildman–Crippen LogP) is -0.00750. The zero-order valence-corrected chi connectivity index (χ0v) is 12.8. The molecule has 8 heteroatoms. The molecular weight excluding hydrogens is 264 g/mol. The first-order valence-electron chi connectivity index (χ1n) is 6.25. The fourth-order valence-electron chi connectivity index (χ4n) is 1.35. The molecule has 0 aliphatic carbocycles. The van der Waals surface area contributed by atoms with E-state index in [0.717, 1.165) is 5.75 Å². The summed E-state index contributed by atoms with van der Waals surface area (Å²) in [5, 5.41) is 14.3. The van der Waals surface area contributed by atoms with E-state index in [9.17, 15) is 4.79 Å². The largest absolute Gasteiger partial charge is 0.354 e. The van der Waals surface area contributed by atoms with E-state index in [1.807, 2.05) is 13.3 Å². The van der Waals surface area contributed by atoms with Gasteiger partial charge < -0.3 is 5.32 Å². The van der Waals surface area contributed by atoms with Gasteiger partial charge in [0, 0.05) is 18.3 Å². The van der Waals surface area contributed by atoms with E-state index in [2.05, 4.69) is 39.6 Å². The number of tetrazole rings is 1. The van der Waals surface area contributed by atoms with Crippen LogP contribution in [0.5, 0.6) is 0 Å². The number of carbonyl (C=O) groups is 1. The van der Waals surface area contributed by atoms with Gasteiger partial charge in [-0.2, -0.15) is 11.8 Å². The lowest BCUT2D eigenvalue weighted by molar-refractivity contribution is -0.121. The minimum absolute atomic E-state index is 0.0604. The van der Waals surface area contributed by atoms with Crippen molar-refractivity contribution < 1.29 is 4.79 Å². The molecule has 0 saturated carbocycles. The number of thioether (sulfide) groups is 1. The smallest absolute Gasteiger partial charge is 0.241 e. The number of nitrogens with one attached hydrogen (secondary N) is 1. The number of carbonyl (C=O) groups excluding carboxylic acids is 1. The fourth-order valence-corrected chi connectivity index (χ4v) is 1.66. The SMILES string of the molecule is CSCCNC(=O)Cn1nnnc1CN(C)C(C)C. The van der Waals surface area contributed by atoms with Crippen LogP contribution in [0.25, 0.3) is 0 Å². The number of rotatable bonds is 8. The quantitative estimate of drug-likeness (QED) is 0.678. The normalized spacial score (nSPS) is 11.3. The van der Waals surface area contributed by atoms with E-state index in [1.54, 1.807) is 16.4 Å². The van der Waals surface area contributed by atoms with E-state index in [-0.39, 0.29) is 12.5 Å². The second-order valence-electron chi connectivity index (χ2n) is 4.60. The van der Waals surface area contributed by atoms with Crippen LogP contribution in [0.15, 0.2) is 0 Å². The molecule has 1 rings (SSSR count). The van der Waals surface area contributed by atoms with Gasteiger partial charge in [-0.3, -0.25) is 9.69 Å². The highest BCUT2D eigenvalue weighted by molar-refractivity contribution is 7.98. The highest BCUT2D eigenvalue weighted by Gasteiger charge is 2.13. The summed E-state index contributed by atoms with van der Waals surface area (Å²) in [7, 11) is 2.00. The van der Waals surface area contributed by atoms with Gasteiger partial charge in [0.25, 0.3) is 0 Å². The summed E-state index contributed by atoms with van der Waals surface area (Å²) in [6, 6.07) is 0.403. The zero-order valence-electron chi connectivity index (χ0n) is 12.0. The third-order valence-electron chi connectivity index (χ3n) is 2.80. The van der Waals surface area contributed by atoms with E-state index < -0.39 is 0 Å². The molecule has 7 nitrogen and oxygen atoms in total. The lowest BCUT2D eigenvalue weighted by Crippen LogP contribution is -2.32. The Labute approximate surface area is 118 Å². The summed E-state index contributed by atoms with van der Waals surface area (Å²) >= 11 is 1.70. The van der Waals surface area contributed by atoms with Crippen LogP contribution >= 0.6 is 11.8 Å². The molecule has 0 saturated heterocycles. The molecule has 1 aromatic rings. The van der Waals surface area contributed by atoms with Crippen LogP contribution in [0.1, 0.15) is 19.7 Å². The minimum Gasteiger partial charge on any atom is -0.354 e. The van der Waals surface area contributed by atoms with Gasteiger partial charge in [0.2, 0.25) is 5.91 Å². The Kier molecular flexibility index (Phi) is 6.79. The van der Waals surface area contributed by atoms with Crippen LogP contribution in [0, 0.1) is 0 Å². The molecule has 0 unspecified atom stereocenters. The number of hydrogen-bond acceptors (Lipinski definition) is 6. The Hall–Kier alpha value is -1.15. The van der Waals surface area contributed by atoms with Crippen LogP contribution in [-0.4, -0.2) is 62.7 Å². The molecule has 0 atom stereocenters. The number of hydrogen-bond donors (Lipinski definition) is 1. The first-order chi connectivity index (χ1) is 9.04. The highest BCUT2D eigenvalue weighted by atomic mass is 32.2. The Balaban J connectivity index is 2.50. The predicted molar refractivity (Wildman–Crippen MR) is 75.8 cm³/mol. The van der Waals surface area contributed by atoms with E-state index in [4.69, 9.17) is 0 Å². The minimum atomic E-state index is -0.0604. The molecule has 19 heavy (non-hydrogen) atoms. The Morgan fingerprint density at radius 1 is 1.53 bits per heavy atom. The standard InChI is InChI=1S/C11H22N6OS/c1-9(2)16(3)7-10-13-14-15-17(10)8-11(18)12-5-6-19-4/h9H,5-8H2,1-4H3,(H,12,18). The number of amides is 1. The van der Waals surface area contributed by atoms with Crippen molar-refractivity contribution in [1.29, 1.82) is 0 Å². The average molecular weight is 286 g/mol. The van der Waals surface area contributed by atoms with Crippen molar-refractivity contribution in [2.45, 2.75) is 33.0 Å². The third-order valence-corrected chi connectivity index (χ3v) is 3.41. The molecule has 1 aromatic heterocycles. The van der Waals surface area contributed by atoms with Gasteiger partial charge >= 0.3 is 0 Å². The van der Waals surface area contributed by atoms with Gasteiger partial charge in [-0.15, -0.1) is 5.10 Å². The van der Waals surface area contributed by atoms with Gasteiger partial charge in [-0.25, -0.2) is 4.68 Å². The Morgan fingerprint density at radius 2 is 2.26 bits per heavy atom. The Bertz CT molecular complexity index is 394. The third kappa shape index (κ3) is 5.56. The summed E-state index contributed by atoms with van der Waals surface area (Å²) in [5.41, 5.74) is 0. The molecule has 0 spiro atoms. The van der Waals surface area contributed by atoms with Gasteiger partial charge in [0.1, 0.15) is 6.54 Å². The van der Waals surface area contributed by atoms with Crippen LogP contribution in [0.4, 0.5) is 0 Å².